The first kappa shape index (κ1) is 16.1. The van der Waals surface area contributed by atoms with Crippen LogP contribution in [0.2, 0.25) is 0 Å². The van der Waals surface area contributed by atoms with Crippen LogP contribution in [0.25, 0.3) is 11.3 Å². The Morgan fingerprint density at radius 2 is 1.76 bits per heavy atom. The monoisotopic (exact) mass is 349 g/mol. The second-order valence-electron chi connectivity index (χ2n) is 5.35. The van der Waals surface area contributed by atoms with Gasteiger partial charge in [0.2, 0.25) is 5.95 Å². The lowest BCUT2D eigenvalue weighted by molar-refractivity contribution is 0.616. The van der Waals surface area contributed by atoms with Gasteiger partial charge in [0.05, 0.1) is 11.9 Å². The van der Waals surface area contributed by atoms with Crippen LogP contribution in [0.1, 0.15) is 45.4 Å². The molecule has 2 aromatic rings. The molecule has 1 heterocycles. The minimum atomic E-state index is 0.862. The van der Waals surface area contributed by atoms with Gasteiger partial charge in [-0.15, -0.1) is 0 Å². The number of anilines is 1. The van der Waals surface area contributed by atoms with E-state index in [1.807, 2.05) is 18.3 Å². The van der Waals surface area contributed by atoms with Gasteiger partial charge in [-0.25, -0.2) is 4.98 Å². The van der Waals surface area contributed by atoms with Crippen molar-refractivity contribution in [2.75, 3.05) is 11.9 Å². The molecule has 0 bridgehead atoms. The first-order valence-electron chi connectivity index (χ1n) is 7.84. The zero-order valence-electron chi connectivity index (χ0n) is 12.7. The Kier molecular flexibility index (Phi) is 6.80. The molecule has 0 saturated heterocycles. The van der Waals surface area contributed by atoms with E-state index < -0.39 is 0 Å². The molecule has 0 amide bonds. The number of halogens is 1. The van der Waals surface area contributed by atoms with E-state index in [9.17, 15) is 0 Å². The molecule has 0 unspecified atom stereocenters. The molecule has 0 aliphatic rings. The molecule has 0 atom stereocenters. The first-order chi connectivity index (χ1) is 10.3. The molecule has 21 heavy (non-hydrogen) atoms. The maximum Gasteiger partial charge on any atom is 0.200 e. The van der Waals surface area contributed by atoms with Crippen LogP contribution in [0.5, 0.6) is 0 Å². The van der Waals surface area contributed by atoms with Crippen LogP contribution in [0.3, 0.4) is 0 Å². The summed E-state index contributed by atoms with van der Waals surface area (Å²) in [6.45, 7) is 3.24. The molecular weight excluding hydrogens is 326 g/mol. The summed E-state index contributed by atoms with van der Waals surface area (Å²) in [7, 11) is 0. The van der Waals surface area contributed by atoms with Crippen LogP contribution in [0, 0.1) is 0 Å². The number of H-pyrrole nitrogens is 1. The van der Waals surface area contributed by atoms with Crippen molar-refractivity contribution in [1.82, 2.24) is 9.97 Å². The standard InChI is InChI=1S/C17H24BrN3/c1-2-3-4-5-6-7-12-19-17-20-13-16(21-17)14-8-10-15(18)11-9-14/h8-11,13H,2-7,12H2,1H3,(H2,19,20,21). The van der Waals surface area contributed by atoms with Gasteiger partial charge in [0, 0.05) is 11.0 Å². The number of nitrogens with zero attached hydrogens (tertiary/aromatic N) is 1. The van der Waals surface area contributed by atoms with Gasteiger partial charge in [-0.1, -0.05) is 67.1 Å². The quantitative estimate of drug-likeness (QED) is 0.577. The Morgan fingerprint density at radius 1 is 1.05 bits per heavy atom. The summed E-state index contributed by atoms with van der Waals surface area (Å²) in [6.07, 6.45) is 9.77. The number of nitrogens with one attached hydrogen (secondary N) is 2. The predicted octanol–water partition coefficient (Wildman–Crippen LogP) is 5.61. The van der Waals surface area contributed by atoms with Crippen molar-refractivity contribution >= 4 is 21.9 Å². The molecule has 1 aromatic carbocycles. The average molecular weight is 350 g/mol. The largest absolute Gasteiger partial charge is 0.356 e. The van der Waals surface area contributed by atoms with Gasteiger partial charge in [-0.2, -0.15) is 0 Å². The zero-order valence-corrected chi connectivity index (χ0v) is 14.2. The highest BCUT2D eigenvalue weighted by Gasteiger charge is 2.02. The van der Waals surface area contributed by atoms with Gasteiger partial charge < -0.3 is 10.3 Å². The number of hydrogen-bond donors (Lipinski definition) is 2. The molecule has 0 aliphatic carbocycles. The molecule has 0 aliphatic heterocycles. The number of aromatic nitrogens is 2. The maximum absolute atomic E-state index is 4.38. The molecule has 2 rings (SSSR count). The zero-order chi connectivity index (χ0) is 14.9. The van der Waals surface area contributed by atoms with Crippen molar-refractivity contribution < 1.29 is 0 Å². The molecule has 0 fully saturated rings. The van der Waals surface area contributed by atoms with Crippen LogP contribution < -0.4 is 5.32 Å². The van der Waals surface area contributed by atoms with Crippen LogP contribution >= 0.6 is 15.9 Å². The van der Waals surface area contributed by atoms with E-state index in [0.29, 0.717) is 0 Å². The minimum Gasteiger partial charge on any atom is -0.356 e. The topological polar surface area (TPSA) is 40.7 Å². The third-order valence-electron chi connectivity index (χ3n) is 3.55. The molecule has 2 N–H and O–H groups in total. The third kappa shape index (κ3) is 5.54. The van der Waals surface area contributed by atoms with Crippen LogP contribution in [-0.2, 0) is 0 Å². The number of benzene rings is 1. The van der Waals surface area contributed by atoms with E-state index in [1.54, 1.807) is 0 Å². The van der Waals surface area contributed by atoms with Gasteiger partial charge in [-0.05, 0) is 24.1 Å². The summed E-state index contributed by atoms with van der Waals surface area (Å²) in [5.41, 5.74) is 2.20. The minimum absolute atomic E-state index is 0.862. The van der Waals surface area contributed by atoms with Gasteiger partial charge in [-0.3, -0.25) is 0 Å². The Bertz CT molecular complexity index is 519. The van der Waals surface area contributed by atoms with E-state index in [-0.39, 0.29) is 0 Å². The van der Waals surface area contributed by atoms with Gasteiger partial charge in [0.15, 0.2) is 0 Å². The number of imidazole rings is 1. The van der Waals surface area contributed by atoms with Crippen molar-refractivity contribution in [3.63, 3.8) is 0 Å². The van der Waals surface area contributed by atoms with Crippen molar-refractivity contribution in [1.29, 1.82) is 0 Å². The van der Waals surface area contributed by atoms with E-state index >= 15 is 0 Å². The summed E-state index contributed by atoms with van der Waals surface area (Å²) >= 11 is 3.45. The first-order valence-corrected chi connectivity index (χ1v) is 8.63. The molecular formula is C17H24BrN3. The SMILES string of the molecule is CCCCCCCCNc1ncc(-c2ccc(Br)cc2)[nH]1. The average Bonchev–Trinajstić information content (AvgIpc) is 2.96. The number of unbranched alkanes of at least 4 members (excludes halogenated alkanes) is 5. The Hall–Kier alpha value is -1.29. The van der Waals surface area contributed by atoms with Crippen LogP contribution in [-0.4, -0.2) is 16.5 Å². The number of rotatable bonds is 9. The second kappa shape index (κ2) is 8.88. The second-order valence-corrected chi connectivity index (χ2v) is 6.26. The Balaban J connectivity index is 1.72. The number of aromatic amines is 1. The Morgan fingerprint density at radius 3 is 2.52 bits per heavy atom. The van der Waals surface area contributed by atoms with E-state index in [4.69, 9.17) is 0 Å². The lowest BCUT2D eigenvalue weighted by Crippen LogP contribution is -2.02. The van der Waals surface area contributed by atoms with Crippen molar-refractivity contribution in [2.24, 2.45) is 0 Å². The van der Waals surface area contributed by atoms with E-state index in [0.717, 1.165) is 28.2 Å². The highest BCUT2D eigenvalue weighted by atomic mass is 79.9. The maximum atomic E-state index is 4.38. The summed E-state index contributed by atoms with van der Waals surface area (Å²) in [6, 6.07) is 8.24. The van der Waals surface area contributed by atoms with Crippen LogP contribution in [0.15, 0.2) is 34.9 Å². The summed E-state index contributed by atoms with van der Waals surface area (Å²) < 4.78 is 1.09. The summed E-state index contributed by atoms with van der Waals surface area (Å²) in [4.78, 5) is 7.71. The molecule has 4 heteroatoms. The normalized spacial score (nSPS) is 10.8. The molecule has 1 aromatic heterocycles. The highest BCUT2D eigenvalue weighted by Crippen LogP contribution is 2.21. The van der Waals surface area contributed by atoms with Gasteiger partial charge in [0.1, 0.15) is 0 Å². The lowest BCUT2D eigenvalue weighted by Gasteiger charge is -2.03. The molecule has 0 spiro atoms. The summed E-state index contributed by atoms with van der Waals surface area (Å²) in [5.74, 6) is 0.862. The molecule has 114 valence electrons. The van der Waals surface area contributed by atoms with E-state index in [2.05, 4.69) is 50.3 Å². The fraction of sp³-hybridized carbons (Fsp3) is 0.471. The third-order valence-corrected chi connectivity index (χ3v) is 4.08. The van der Waals surface area contributed by atoms with E-state index in [1.165, 1.54) is 38.5 Å². The number of hydrogen-bond acceptors (Lipinski definition) is 2. The summed E-state index contributed by atoms with van der Waals surface area (Å²) in [5, 5.41) is 3.36. The van der Waals surface area contributed by atoms with Crippen molar-refractivity contribution in [2.45, 2.75) is 45.4 Å². The lowest BCUT2D eigenvalue weighted by atomic mass is 10.1. The fourth-order valence-electron chi connectivity index (χ4n) is 2.30. The van der Waals surface area contributed by atoms with Gasteiger partial charge in [0.25, 0.3) is 0 Å². The predicted molar refractivity (Wildman–Crippen MR) is 93.6 cm³/mol. The van der Waals surface area contributed by atoms with Crippen molar-refractivity contribution in [3.05, 3.63) is 34.9 Å². The smallest absolute Gasteiger partial charge is 0.200 e. The Labute approximate surface area is 135 Å². The molecule has 0 saturated carbocycles. The fourth-order valence-corrected chi connectivity index (χ4v) is 2.56. The van der Waals surface area contributed by atoms with Crippen molar-refractivity contribution in [3.8, 4) is 11.3 Å². The molecule has 3 nitrogen and oxygen atoms in total. The van der Waals surface area contributed by atoms with Crippen LogP contribution in [0.4, 0.5) is 5.95 Å². The molecule has 0 radical (unpaired) electrons. The highest BCUT2D eigenvalue weighted by molar-refractivity contribution is 9.10. The van der Waals surface area contributed by atoms with Gasteiger partial charge >= 0.3 is 0 Å².